The van der Waals surface area contributed by atoms with Crippen molar-refractivity contribution in [2.75, 3.05) is 11.1 Å². The maximum Gasteiger partial charge on any atom is 0.234 e. The van der Waals surface area contributed by atoms with E-state index < -0.39 is 0 Å². The Hall–Kier alpha value is -3.32. The van der Waals surface area contributed by atoms with E-state index in [1.54, 1.807) is 6.26 Å². The predicted molar refractivity (Wildman–Crippen MR) is 123 cm³/mol. The quantitative estimate of drug-likeness (QED) is 0.404. The van der Waals surface area contributed by atoms with E-state index in [4.69, 9.17) is 4.42 Å². The first kappa shape index (κ1) is 20.9. The number of amides is 1. The lowest BCUT2D eigenvalue weighted by molar-refractivity contribution is -0.113. The van der Waals surface area contributed by atoms with Crippen LogP contribution in [0, 0.1) is 20.8 Å². The fraction of sp³-hybridized carbons (Fsp3) is 0.208. The van der Waals surface area contributed by atoms with E-state index in [2.05, 4.69) is 21.6 Å². The zero-order valence-electron chi connectivity index (χ0n) is 17.8. The van der Waals surface area contributed by atoms with E-state index in [0.717, 1.165) is 34.0 Å². The van der Waals surface area contributed by atoms with Gasteiger partial charge in [-0.25, -0.2) is 0 Å². The van der Waals surface area contributed by atoms with E-state index >= 15 is 0 Å². The zero-order valence-corrected chi connectivity index (χ0v) is 18.6. The van der Waals surface area contributed by atoms with Gasteiger partial charge in [0, 0.05) is 11.3 Å². The van der Waals surface area contributed by atoms with Gasteiger partial charge in [-0.3, -0.25) is 9.36 Å². The second-order valence-electron chi connectivity index (χ2n) is 7.55. The van der Waals surface area contributed by atoms with Crippen LogP contribution in [0.3, 0.4) is 0 Å². The Morgan fingerprint density at radius 3 is 2.42 bits per heavy atom. The van der Waals surface area contributed by atoms with Crippen molar-refractivity contribution in [2.45, 2.75) is 32.5 Å². The van der Waals surface area contributed by atoms with Crippen LogP contribution in [-0.4, -0.2) is 26.4 Å². The highest BCUT2D eigenvalue weighted by atomic mass is 32.2. The summed E-state index contributed by atoms with van der Waals surface area (Å²) in [6.07, 6.45) is 1.65. The summed E-state index contributed by atoms with van der Waals surface area (Å²) in [7, 11) is 0. The monoisotopic (exact) mass is 432 g/mol. The summed E-state index contributed by atoms with van der Waals surface area (Å²) < 4.78 is 7.52. The SMILES string of the molecule is Cc1ccc(-c2nnc(SCC(=O)Nc3cc(C)cc(C)c3)n2Cc2ccco2)cc1. The summed E-state index contributed by atoms with van der Waals surface area (Å²) in [5, 5.41) is 12.4. The van der Waals surface area contributed by atoms with Crippen LogP contribution in [0.15, 0.2) is 70.4 Å². The minimum absolute atomic E-state index is 0.0839. The number of nitrogens with one attached hydrogen (secondary N) is 1. The van der Waals surface area contributed by atoms with Crippen LogP contribution in [-0.2, 0) is 11.3 Å². The van der Waals surface area contributed by atoms with Gasteiger partial charge in [-0.1, -0.05) is 47.7 Å². The van der Waals surface area contributed by atoms with E-state index in [9.17, 15) is 4.79 Å². The molecular formula is C24H24N4O2S. The Balaban J connectivity index is 1.53. The van der Waals surface area contributed by atoms with Gasteiger partial charge in [0.25, 0.3) is 0 Å². The van der Waals surface area contributed by atoms with Crippen molar-refractivity contribution in [3.63, 3.8) is 0 Å². The summed E-state index contributed by atoms with van der Waals surface area (Å²) in [6.45, 7) is 6.57. The van der Waals surface area contributed by atoms with Crippen LogP contribution >= 0.6 is 11.8 Å². The van der Waals surface area contributed by atoms with Crippen molar-refractivity contribution in [2.24, 2.45) is 0 Å². The number of hydrogen-bond acceptors (Lipinski definition) is 5. The molecule has 4 rings (SSSR count). The lowest BCUT2D eigenvalue weighted by Gasteiger charge is -2.10. The number of thioether (sulfide) groups is 1. The minimum Gasteiger partial charge on any atom is -0.467 e. The topological polar surface area (TPSA) is 73.0 Å². The van der Waals surface area contributed by atoms with Gasteiger partial charge in [0.2, 0.25) is 5.91 Å². The van der Waals surface area contributed by atoms with E-state index in [1.165, 1.54) is 17.3 Å². The average molecular weight is 433 g/mol. The smallest absolute Gasteiger partial charge is 0.234 e. The van der Waals surface area contributed by atoms with Crippen LogP contribution in [0.2, 0.25) is 0 Å². The molecule has 0 atom stereocenters. The number of anilines is 1. The molecule has 0 saturated heterocycles. The number of aromatic nitrogens is 3. The number of furan rings is 1. The van der Waals surface area contributed by atoms with Gasteiger partial charge < -0.3 is 9.73 Å². The maximum absolute atomic E-state index is 12.5. The summed E-state index contributed by atoms with van der Waals surface area (Å²) in [4.78, 5) is 12.5. The molecule has 0 bridgehead atoms. The van der Waals surface area contributed by atoms with Gasteiger partial charge in [-0.2, -0.15) is 0 Å². The van der Waals surface area contributed by atoms with Gasteiger partial charge >= 0.3 is 0 Å². The summed E-state index contributed by atoms with van der Waals surface area (Å²) in [5.41, 5.74) is 5.18. The summed E-state index contributed by atoms with van der Waals surface area (Å²) in [6, 6.07) is 17.9. The van der Waals surface area contributed by atoms with Gasteiger partial charge in [0.05, 0.1) is 18.6 Å². The Morgan fingerprint density at radius 1 is 1.00 bits per heavy atom. The van der Waals surface area contributed by atoms with Gasteiger partial charge in [0.15, 0.2) is 11.0 Å². The van der Waals surface area contributed by atoms with Crippen molar-refractivity contribution in [3.05, 3.63) is 83.3 Å². The van der Waals surface area contributed by atoms with Crippen LogP contribution in [0.1, 0.15) is 22.5 Å². The predicted octanol–water partition coefficient (Wildman–Crippen LogP) is 5.24. The van der Waals surface area contributed by atoms with Gasteiger partial charge in [-0.05, 0) is 56.2 Å². The maximum atomic E-state index is 12.5. The minimum atomic E-state index is -0.0839. The van der Waals surface area contributed by atoms with Crippen molar-refractivity contribution < 1.29 is 9.21 Å². The number of nitrogens with zero attached hydrogens (tertiary/aromatic N) is 3. The molecule has 0 saturated carbocycles. The number of benzene rings is 2. The number of aryl methyl sites for hydroxylation is 3. The molecule has 2 aromatic heterocycles. The first-order chi connectivity index (χ1) is 15.0. The normalized spacial score (nSPS) is 10.9. The lowest BCUT2D eigenvalue weighted by atomic mass is 10.1. The fourth-order valence-electron chi connectivity index (χ4n) is 3.39. The zero-order chi connectivity index (χ0) is 21.8. The second-order valence-corrected chi connectivity index (χ2v) is 8.49. The molecule has 1 amide bonds. The molecule has 6 nitrogen and oxygen atoms in total. The summed E-state index contributed by atoms with van der Waals surface area (Å²) >= 11 is 1.36. The van der Waals surface area contributed by atoms with Crippen LogP contribution in [0.4, 0.5) is 5.69 Å². The van der Waals surface area contributed by atoms with Gasteiger partial charge in [-0.15, -0.1) is 10.2 Å². The second kappa shape index (κ2) is 9.22. The first-order valence-electron chi connectivity index (χ1n) is 10.0. The number of carbonyl (C=O) groups is 1. The van der Waals surface area contributed by atoms with Gasteiger partial charge in [0.1, 0.15) is 5.76 Å². The van der Waals surface area contributed by atoms with Crippen molar-refractivity contribution in [3.8, 4) is 11.4 Å². The standard InChI is InChI=1S/C24H24N4O2S/c1-16-6-8-19(9-7-16)23-26-27-24(28(23)14-21-5-4-10-30-21)31-15-22(29)25-20-12-17(2)11-18(3)13-20/h4-13H,14-15H2,1-3H3,(H,25,29). The third kappa shape index (κ3) is 5.24. The van der Waals surface area contributed by atoms with E-state index in [-0.39, 0.29) is 11.7 Å². The summed E-state index contributed by atoms with van der Waals surface area (Å²) in [5.74, 6) is 1.69. The van der Waals surface area contributed by atoms with E-state index in [1.807, 2.05) is 73.9 Å². The Morgan fingerprint density at radius 2 is 1.74 bits per heavy atom. The molecule has 7 heteroatoms. The Bertz CT molecular complexity index is 1160. The van der Waals surface area contributed by atoms with Crippen molar-refractivity contribution in [1.29, 1.82) is 0 Å². The van der Waals surface area contributed by atoms with Crippen molar-refractivity contribution in [1.82, 2.24) is 14.8 Å². The third-order valence-corrected chi connectivity index (χ3v) is 5.73. The molecule has 0 unspecified atom stereocenters. The molecule has 2 heterocycles. The number of hydrogen-bond donors (Lipinski definition) is 1. The highest BCUT2D eigenvalue weighted by molar-refractivity contribution is 7.99. The van der Waals surface area contributed by atoms with Crippen LogP contribution < -0.4 is 5.32 Å². The Labute approximate surface area is 185 Å². The molecule has 0 fully saturated rings. The first-order valence-corrected chi connectivity index (χ1v) is 11.0. The molecule has 0 aliphatic rings. The molecule has 31 heavy (non-hydrogen) atoms. The van der Waals surface area contributed by atoms with E-state index in [0.29, 0.717) is 11.7 Å². The number of carbonyl (C=O) groups excluding carboxylic acids is 1. The largest absolute Gasteiger partial charge is 0.467 e. The molecule has 4 aromatic rings. The highest BCUT2D eigenvalue weighted by Crippen LogP contribution is 2.26. The third-order valence-electron chi connectivity index (χ3n) is 4.76. The Kier molecular flexibility index (Phi) is 6.23. The average Bonchev–Trinajstić information content (AvgIpc) is 3.37. The molecule has 0 radical (unpaired) electrons. The lowest BCUT2D eigenvalue weighted by Crippen LogP contribution is -2.15. The van der Waals surface area contributed by atoms with Crippen LogP contribution in [0.25, 0.3) is 11.4 Å². The van der Waals surface area contributed by atoms with Crippen molar-refractivity contribution >= 4 is 23.4 Å². The molecular weight excluding hydrogens is 408 g/mol. The highest BCUT2D eigenvalue weighted by Gasteiger charge is 2.17. The molecule has 0 aliphatic heterocycles. The number of rotatable bonds is 7. The molecule has 0 aliphatic carbocycles. The fourth-order valence-corrected chi connectivity index (χ4v) is 4.12. The van der Waals surface area contributed by atoms with Crippen LogP contribution in [0.5, 0.6) is 0 Å². The molecule has 2 aromatic carbocycles. The molecule has 158 valence electrons. The molecule has 1 N–H and O–H groups in total. The molecule has 0 spiro atoms.